The van der Waals surface area contributed by atoms with Crippen molar-refractivity contribution < 1.29 is 9.53 Å². The van der Waals surface area contributed by atoms with Crippen LogP contribution in [0.3, 0.4) is 0 Å². The Bertz CT molecular complexity index is 1530. The molecule has 39 heavy (non-hydrogen) atoms. The molecule has 4 aromatic rings. The molecule has 2 aliphatic rings. The highest BCUT2D eigenvalue weighted by Gasteiger charge is 2.29. The van der Waals surface area contributed by atoms with Gasteiger partial charge >= 0.3 is 0 Å². The zero-order valence-corrected chi connectivity index (χ0v) is 22.3. The van der Waals surface area contributed by atoms with E-state index in [2.05, 4.69) is 62.9 Å². The van der Waals surface area contributed by atoms with Crippen LogP contribution in [0.15, 0.2) is 72.3 Å². The Hall–Kier alpha value is -4.16. The van der Waals surface area contributed by atoms with Crippen LogP contribution in [0.1, 0.15) is 59.7 Å². The van der Waals surface area contributed by atoms with Crippen LogP contribution in [0, 0.1) is 0 Å². The number of para-hydroxylation sites is 1. The highest BCUT2D eigenvalue weighted by Crippen LogP contribution is 2.34. The van der Waals surface area contributed by atoms with Gasteiger partial charge in [-0.2, -0.15) is 5.10 Å². The van der Waals surface area contributed by atoms with Gasteiger partial charge in [0.25, 0.3) is 0 Å². The maximum absolute atomic E-state index is 12.7. The molecule has 6 rings (SSSR count). The minimum absolute atomic E-state index is 0.0406. The lowest BCUT2D eigenvalue weighted by molar-refractivity contribution is -0.116. The first-order chi connectivity index (χ1) is 19.2. The molecule has 1 unspecified atom stereocenters. The average molecular weight is 519 g/mol. The fraction of sp³-hybridized carbons (Fsp3) is 0.273. The summed E-state index contributed by atoms with van der Waals surface area (Å²) in [5.41, 5.74) is 7.09. The predicted octanol–water partition coefficient (Wildman–Crippen LogP) is 6.37. The molecule has 2 N–H and O–H groups in total. The average Bonchev–Trinajstić information content (AvgIpc) is 3.55. The fourth-order valence-electron chi connectivity index (χ4n) is 5.64. The van der Waals surface area contributed by atoms with Gasteiger partial charge < -0.3 is 10.1 Å². The third kappa shape index (κ3) is 5.66. The van der Waals surface area contributed by atoms with Gasteiger partial charge in [0.05, 0.1) is 24.4 Å². The lowest BCUT2D eigenvalue weighted by Gasteiger charge is -2.26. The van der Waals surface area contributed by atoms with Crippen LogP contribution in [0.25, 0.3) is 29.1 Å². The van der Waals surface area contributed by atoms with Gasteiger partial charge in [0.2, 0.25) is 5.91 Å². The standard InChI is InChI=1S/C33H34N4O2/c1-39-32-8-4-3-7-28(32)30-21-26(33(38)34-30)19-25-13-15-27-29(35-36-31(27)20-25)16-14-23-9-11-24(12-10-23)22-37-17-5-2-6-18-37/h3-4,7-16,19-20,30H,2,5-6,17-18,21-22H2,1H3,(H,34,38)(H,35,36)/b16-14?,26-19+. The van der Waals surface area contributed by atoms with Crippen molar-refractivity contribution in [2.75, 3.05) is 20.2 Å². The minimum Gasteiger partial charge on any atom is -0.496 e. The van der Waals surface area contributed by atoms with Crippen LogP contribution in [-0.4, -0.2) is 41.2 Å². The normalized spacial score (nSPS) is 19.3. The Morgan fingerprint density at radius 3 is 2.59 bits per heavy atom. The summed E-state index contributed by atoms with van der Waals surface area (Å²) in [5, 5.41) is 11.8. The third-order valence-electron chi connectivity index (χ3n) is 7.76. The first-order valence-electron chi connectivity index (χ1n) is 13.8. The van der Waals surface area contributed by atoms with E-state index in [9.17, 15) is 4.79 Å². The van der Waals surface area contributed by atoms with Crippen molar-refractivity contribution in [3.63, 3.8) is 0 Å². The van der Waals surface area contributed by atoms with Crippen molar-refractivity contribution in [1.29, 1.82) is 0 Å². The van der Waals surface area contributed by atoms with Crippen molar-refractivity contribution in [3.8, 4) is 5.75 Å². The largest absolute Gasteiger partial charge is 0.496 e. The van der Waals surface area contributed by atoms with Crippen molar-refractivity contribution in [2.45, 2.75) is 38.3 Å². The number of benzene rings is 3. The Morgan fingerprint density at radius 2 is 1.77 bits per heavy atom. The number of carbonyl (C=O) groups excluding carboxylic acids is 1. The van der Waals surface area contributed by atoms with Crippen LogP contribution in [-0.2, 0) is 11.3 Å². The van der Waals surface area contributed by atoms with Gasteiger partial charge in [-0.25, -0.2) is 0 Å². The maximum atomic E-state index is 12.7. The predicted molar refractivity (Wildman–Crippen MR) is 157 cm³/mol. The van der Waals surface area contributed by atoms with Crippen molar-refractivity contribution in [3.05, 3.63) is 100 Å². The van der Waals surface area contributed by atoms with Gasteiger partial charge in [0.15, 0.2) is 0 Å². The van der Waals surface area contributed by atoms with E-state index in [0.29, 0.717) is 6.42 Å². The lowest BCUT2D eigenvalue weighted by atomic mass is 10.0. The minimum atomic E-state index is -0.0913. The first kappa shape index (κ1) is 25.1. The molecule has 3 aromatic carbocycles. The van der Waals surface area contributed by atoms with E-state index < -0.39 is 0 Å². The molecule has 2 fully saturated rings. The second-order valence-electron chi connectivity index (χ2n) is 10.5. The number of hydrogen-bond acceptors (Lipinski definition) is 4. The highest BCUT2D eigenvalue weighted by atomic mass is 16.5. The Balaban J connectivity index is 1.14. The molecule has 0 saturated carbocycles. The molecule has 2 aliphatic heterocycles. The van der Waals surface area contributed by atoms with Crippen molar-refractivity contribution in [2.24, 2.45) is 0 Å². The molecule has 1 aromatic heterocycles. The number of fused-ring (bicyclic) bond motifs is 1. The molecule has 6 heteroatoms. The van der Waals surface area contributed by atoms with Crippen molar-refractivity contribution in [1.82, 2.24) is 20.4 Å². The summed E-state index contributed by atoms with van der Waals surface area (Å²) in [4.78, 5) is 15.3. The maximum Gasteiger partial charge on any atom is 0.247 e. The van der Waals surface area contributed by atoms with E-state index in [0.717, 1.165) is 51.2 Å². The van der Waals surface area contributed by atoms with Gasteiger partial charge in [-0.1, -0.05) is 61.0 Å². The van der Waals surface area contributed by atoms with Crippen LogP contribution in [0.2, 0.25) is 0 Å². The van der Waals surface area contributed by atoms with Gasteiger partial charge in [-0.15, -0.1) is 0 Å². The van der Waals surface area contributed by atoms with Gasteiger partial charge in [-0.05, 0) is 73.0 Å². The Morgan fingerprint density at radius 1 is 0.974 bits per heavy atom. The molecule has 0 spiro atoms. The number of methoxy groups -OCH3 is 1. The Kier molecular flexibility index (Phi) is 7.28. The number of aromatic nitrogens is 2. The lowest BCUT2D eigenvalue weighted by Crippen LogP contribution is -2.28. The molecule has 0 radical (unpaired) electrons. The summed E-state index contributed by atoms with van der Waals surface area (Å²) in [6.07, 6.45) is 10.7. The molecule has 1 amide bonds. The van der Waals surface area contributed by atoms with E-state index in [1.807, 2.05) is 42.5 Å². The molecule has 3 heterocycles. The molecular weight excluding hydrogens is 484 g/mol. The summed E-state index contributed by atoms with van der Waals surface area (Å²) < 4.78 is 5.49. The number of hydrogen-bond donors (Lipinski definition) is 2. The summed E-state index contributed by atoms with van der Waals surface area (Å²) in [7, 11) is 1.66. The summed E-state index contributed by atoms with van der Waals surface area (Å²) in [5.74, 6) is 0.748. The SMILES string of the molecule is COc1ccccc1C1C/C(=C\c2ccc3c(C=Cc4ccc(CN5CCCCC5)cc4)n[nH]c3c2)C(=O)N1. The van der Waals surface area contributed by atoms with Crippen LogP contribution in [0.5, 0.6) is 5.75 Å². The van der Waals surface area contributed by atoms with Crippen LogP contribution in [0.4, 0.5) is 0 Å². The Labute approximate surface area is 229 Å². The van der Waals surface area contributed by atoms with Gasteiger partial charge in [-0.3, -0.25) is 14.8 Å². The summed E-state index contributed by atoms with van der Waals surface area (Å²) >= 11 is 0. The highest BCUT2D eigenvalue weighted by molar-refractivity contribution is 6.01. The first-order valence-corrected chi connectivity index (χ1v) is 13.8. The van der Waals surface area contributed by atoms with E-state index >= 15 is 0 Å². The quantitative estimate of drug-likeness (QED) is 0.279. The zero-order chi connectivity index (χ0) is 26.6. The molecule has 6 nitrogen and oxygen atoms in total. The molecule has 198 valence electrons. The second kappa shape index (κ2) is 11.3. The van der Waals surface area contributed by atoms with Gasteiger partial charge in [0.1, 0.15) is 5.75 Å². The number of aromatic amines is 1. The van der Waals surface area contributed by atoms with Crippen LogP contribution >= 0.6 is 0 Å². The second-order valence-corrected chi connectivity index (χ2v) is 10.5. The van der Waals surface area contributed by atoms with E-state index in [4.69, 9.17) is 4.74 Å². The molecule has 2 saturated heterocycles. The fourth-order valence-corrected chi connectivity index (χ4v) is 5.64. The number of nitrogens with one attached hydrogen (secondary N) is 2. The topological polar surface area (TPSA) is 70.2 Å². The number of nitrogens with zero attached hydrogens (tertiary/aromatic N) is 2. The van der Waals surface area contributed by atoms with E-state index in [1.54, 1.807) is 7.11 Å². The molecule has 0 aliphatic carbocycles. The molecular formula is C33H34N4O2. The molecule has 0 bridgehead atoms. The van der Waals surface area contributed by atoms with E-state index in [1.165, 1.54) is 37.9 Å². The number of amides is 1. The number of H-pyrrole nitrogens is 1. The number of carbonyl (C=O) groups is 1. The monoisotopic (exact) mass is 518 g/mol. The number of ether oxygens (including phenoxy) is 1. The van der Waals surface area contributed by atoms with Gasteiger partial charge in [0, 0.05) is 29.5 Å². The zero-order valence-electron chi connectivity index (χ0n) is 22.3. The smallest absolute Gasteiger partial charge is 0.247 e. The number of rotatable bonds is 7. The summed E-state index contributed by atoms with van der Waals surface area (Å²) in [6, 6.07) is 22.7. The summed E-state index contributed by atoms with van der Waals surface area (Å²) in [6.45, 7) is 3.46. The third-order valence-corrected chi connectivity index (χ3v) is 7.76. The number of piperidine rings is 1. The molecule has 1 atom stereocenters. The number of likely N-dealkylation sites (tertiary alicyclic amines) is 1. The van der Waals surface area contributed by atoms with Crippen molar-refractivity contribution >= 4 is 35.0 Å². The van der Waals surface area contributed by atoms with E-state index in [-0.39, 0.29) is 11.9 Å². The van der Waals surface area contributed by atoms with Crippen LogP contribution < -0.4 is 10.1 Å².